The number of carbonyl (C=O) groups excluding carboxylic acids is 1. The zero-order valence-corrected chi connectivity index (χ0v) is 16.8. The van der Waals surface area contributed by atoms with Crippen molar-refractivity contribution in [1.82, 2.24) is 4.98 Å². The van der Waals surface area contributed by atoms with Gasteiger partial charge in [0.2, 0.25) is 0 Å². The molecule has 2 rings (SSSR count). The van der Waals surface area contributed by atoms with Crippen molar-refractivity contribution < 1.29 is 9.53 Å². The van der Waals surface area contributed by atoms with Gasteiger partial charge in [-0.05, 0) is 51.2 Å². The third-order valence-electron chi connectivity index (χ3n) is 4.35. The first-order chi connectivity index (χ1) is 12.4. The van der Waals surface area contributed by atoms with Gasteiger partial charge >= 0.3 is 0 Å². The van der Waals surface area contributed by atoms with Crippen molar-refractivity contribution >= 4 is 11.6 Å². The third kappa shape index (κ3) is 4.43. The lowest BCUT2D eigenvalue weighted by molar-refractivity contribution is 0.101. The van der Waals surface area contributed by atoms with Gasteiger partial charge in [0, 0.05) is 17.4 Å². The molecule has 1 amide bonds. The Hall–Kier alpha value is -2.36. The van der Waals surface area contributed by atoms with Crippen LogP contribution in [0.4, 0.5) is 5.69 Å². The predicted molar refractivity (Wildman–Crippen MR) is 107 cm³/mol. The molecule has 0 aliphatic carbocycles. The van der Waals surface area contributed by atoms with E-state index in [9.17, 15) is 4.79 Å². The van der Waals surface area contributed by atoms with Crippen LogP contribution in [0.25, 0.3) is 0 Å². The molecular weight excluding hydrogens is 324 g/mol. The van der Waals surface area contributed by atoms with Crippen molar-refractivity contribution in [3.05, 3.63) is 52.3 Å². The van der Waals surface area contributed by atoms with Gasteiger partial charge in [-0.15, -0.1) is 0 Å². The number of amides is 1. The lowest BCUT2D eigenvalue weighted by Crippen LogP contribution is -2.20. The van der Waals surface area contributed by atoms with Crippen LogP contribution in [0, 0.1) is 6.92 Å². The maximum Gasteiger partial charge on any atom is 0.261 e. The molecule has 1 heterocycles. The number of aryl methyl sites for hydroxylation is 4. The number of carbonyl (C=O) groups is 1. The Bertz CT molecular complexity index is 760. The van der Waals surface area contributed by atoms with Crippen LogP contribution < -0.4 is 10.1 Å². The second-order valence-electron chi connectivity index (χ2n) is 6.72. The van der Waals surface area contributed by atoms with E-state index < -0.39 is 0 Å². The van der Waals surface area contributed by atoms with Gasteiger partial charge in [0.15, 0.2) is 0 Å². The molecule has 1 aromatic heterocycles. The largest absolute Gasteiger partial charge is 0.490 e. The van der Waals surface area contributed by atoms with Crippen LogP contribution in [-0.4, -0.2) is 17.0 Å². The highest BCUT2D eigenvalue weighted by Gasteiger charge is 2.21. The van der Waals surface area contributed by atoms with Crippen LogP contribution in [0.2, 0.25) is 0 Å². The summed E-state index contributed by atoms with van der Waals surface area (Å²) in [5.74, 6) is 0.453. The number of nitrogens with zero attached hydrogens (tertiary/aromatic N) is 1. The maximum atomic E-state index is 13.2. The molecule has 1 N–H and O–H groups in total. The van der Waals surface area contributed by atoms with E-state index in [1.54, 1.807) is 0 Å². The molecule has 0 aliphatic heterocycles. The number of aromatic nitrogens is 1. The van der Waals surface area contributed by atoms with Crippen molar-refractivity contribution in [1.29, 1.82) is 0 Å². The monoisotopic (exact) mass is 354 g/mol. The standard InChI is InChI=1S/C22H30N2O2/c1-7-16-11-10-12-17(8-2)21(16)24-22(25)20-18(9-3)23-15(6)13-19(20)26-14(4)5/h10-14H,7-9H2,1-6H3,(H,24,25). The number of pyridine rings is 1. The van der Waals surface area contributed by atoms with Gasteiger partial charge in [-0.1, -0.05) is 39.0 Å². The van der Waals surface area contributed by atoms with Gasteiger partial charge < -0.3 is 10.1 Å². The Labute approximate surface area is 157 Å². The smallest absolute Gasteiger partial charge is 0.261 e. The number of hydrogen-bond donors (Lipinski definition) is 1. The van der Waals surface area contributed by atoms with Crippen LogP contribution in [-0.2, 0) is 19.3 Å². The van der Waals surface area contributed by atoms with Gasteiger partial charge in [-0.25, -0.2) is 0 Å². The topological polar surface area (TPSA) is 51.2 Å². The van der Waals surface area contributed by atoms with Gasteiger partial charge in [-0.2, -0.15) is 0 Å². The van der Waals surface area contributed by atoms with Gasteiger partial charge in [-0.3, -0.25) is 9.78 Å². The van der Waals surface area contributed by atoms with Crippen molar-refractivity contribution in [2.45, 2.75) is 66.9 Å². The average molecular weight is 354 g/mol. The molecule has 26 heavy (non-hydrogen) atoms. The fourth-order valence-electron chi connectivity index (χ4n) is 3.13. The number of nitrogens with one attached hydrogen (secondary N) is 1. The molecule has 2 aromatic rings. The molecule has 140 valence electrons. The fourth-order valence-corrected chi connectivity index (χ4v) is 3.13. The predicted octanol–water partition coefficient (Wildman–Crippen LogP) is 5.12. The molecule has 1 aromatic carbocycles. The first-order valence-electron chi connectivity index (χ1n) is 9.50. The molecule has 4 heteroatoms. The van der Waals surface area contributed by atoms with E-state index in [-0.39, 0.29) is 12.0 Å². The van der Waals surface area contributed by atoms with Gasteiger partial charge in [0.25, 0.3) is 5.91 Å². The van der Waals surface area contributed by atoms with Crippen molar-refractivity contribution in [2.24, 2.45) is 0 Å². The van der Waals surface area contributed by atoms with E-state index in [4.69, 9.17) is 4.74 Å². The van der Waals surface area contributed by atoms with Crippen LogP contribution in [0.15, 0.2) is 24.3 Å². The summed E-state index contributed by atoms with van der Waals surface area (Å²) in [7, 11) is 0. The first-order valence-corrected chi connectivity index (χ1v) is 9.50. The van der Waals surface area contributed by atoms with E-state index in [0.717, 1.165) is 41.0 Å². The molecule has 0 saturated heterocycles. The second kappa shape index (κ2) is 8.84. The average Bonchev–Trinajstić information content (AvgIpc) is 2.60. The summed E-state index contributed by atoms with van der Waals surface area (Å²) in [6.07, 6.45) is 2.40. The lowest BCUT2D eigenvalue weighted by Gasteiger charge is -2.19. The normalized spacial score (nSPS) is 10.9. The highest BCUT2D eigenvalue weighted by atomic mass is 16.5. The SMILES string of the molecule is CCc1cccc(CC)c1NC(=O)c1c(OC(C)C)cc(C)nc1CC. The summed E-state index contributed by atoms with van der Waals surface area (Å²) >= 11 is 0. The highest BCUT2D eigenvalue weighted by molar-refractivity contribution is 6.07. The first kappa shape index (κ1) is 20.0. The van der Waals surface area contributed by atoms with Crippen LogP contribution >= 0.6 is 0 Å². The molecule has 4 nitrogen and oxygen atoms in total. The van der Waals surface area contributed by atoms with E-state index in [0.29, 0.717) is 17.7 Å². The lowest BCUT2D eigenvalue weighted by atomic mass is 10.0. The number of rotatable bonds is 7. The van der Waals surface area contributed by atoms with E-state index >= 15 is 0 Å². The van der Waals surface area contributed by atoms with E-state index in [1.165, 1.54) is 0 Å². The summed E-state index contributed by atoms with van der Waals surface area (Å²) in [5, 5.41) is 3.15. The summed E-state index contributed by atoms with van der Waals surface area (Å²) < 4.78 is 5.94. The molecule has 0 unspecified atom stereocenters. The molecule has 0 radical (unpaired) electrons. The quantitative estimate of drug-likeness (QED) is 0.751. The number of para-hydroxylation sites is 1. The minimum Gasteiger partial charge on any atom is -0.490 e. The summed E-state index contributed by atoms with van der Waals surface area (Å²) in [4.78, 5) is 17.8. The van der Waals surface area contributed by atoms with Crippen LogP contribution in [0.1, 0.15) is 67.5 Å². The second-order valence-corrected chi connectivity index (χ2v) is 6.72. The Morgan fingerprint density at radius 2 is 1.73 bits per heavy atom. The minimum atomic E-state index is -0.152. The van der Waals surface area contributed by atoms with Gasteiger partial charge in [0.1, 0.15) is 11.3 Å². The molecule has 0 spiro atoms. The summed E-state index contributed by atoms with van der Waals surface area (Å²) in [6.45, 7) is 12.1. The molecule has 0 fully saturated rings. The zero-order chi connectivity index (χ0) is 19.3. The maximum absolute atomic E-state index is 13.2. The Kier molecular flexibility index (Phi) is 6.78. The molecule has 0 bridgehead atoms. The number of hydrogen-bond acceptors (Lipinski definition) is 3. The number of ether oxygens (including phenoxy) is 1. The Morgan fingerprint density at radius 3 is 2.23 bits per heavy atom. The Balaban J connectivity index is 2.51. The van der Waals surface area contributed by atoms with Crippen LogP contribution in [0.3, 0.4) is 0 Å². The van der Waals surface area contributed by atoms with E-state index in [2.05, 4.69) is 36.3 Å². The third-order valence-corrected chi connectivity index (χ3v) is 4.35. The van der Waals surface area contributed by atoms with Crippen molar-refractivity contribution in [3.63, 3.8) is 0 Å². The molecule has 0 aliphatic rings. The van der Waals surface area contributed by atoms with Crippen molar-refractivity contribution in [3.8, 4) is 5.75 Å². The van der Waals surface area contributed by atoms with Crippen molar-refractivity contribution in [2.75, 3.05) is 5.32 Å². The zero-order valence-electron chi connectivity index (χ0n) is 16.8. The van der Waals surface area contributed by atoms with E-state index in [1.807, 2.05) is 39.8 Å². The minimum absolute atomic E-state index is 0.0119. The summed E-state index contributed by atoms with van der Waals surface area (Å²) in [5.41, 5.74) is 5.37. The number of anilines is 1. The molecule has 0 atom stereocenters. The molecule has 0 saturated carbocycles. The number of benzene rings is 1. The molecular formula is C22H30N2O2. The fraction of sp³-hybridized carbons (Fsp3) is 0.455. The van der Waals surface area contributed by atoms with Gasteiger partial charge in [0.05, 0.1) is 11.8 Å². The van der Waals surface area contributed by atoms with Crippen LogP contribution in [0.5, 0.6) is 5.75 Å². The Morgan fingerprint density at radius 1 is 1.12 bits per heavy atom. The summed E-state index contributed by atoms with van der Waals surface area (Å²) in [6, 6.07) is 8.02. The highest BCUT2D eigenvalue weighted by Crippen LogP contribution is 2.28.